The summed E-state index contributed by atoms with van der Waals surface area (Å²) in [6, 6.07) is 0. The first kappa shape index (κ1) is 5.52. The Morgan fingerprint density at radius 2 is 2.11 bits per heavy atom. The summed E-state index contributed by atoms with van der Waals surface area (Å²) in [5, 5.41) is 0. The summed E-state index contributed by atoms with van der Waals surface area (Å²) in [5.41, 5.74) is 0. The smallest absolute Gasteiger partial charge is 0.0319 e. The molecule has 2 atom stereocenters. The van der Waals surface area contributed by atoms with Gasteiger partial charge in [0.25, 0.3) is 0 Å². The van der Waals surface area contributed by atoms with E-state index in [1.807, 2.05) is 0 Å². The second-order valence-electron chi connectivity index (χ2n) is 3.39. The van der Waals surface area contributed by atoms with Gasteiger partial charge in [-0.3, -0.25) is 0 Å². The van der Waals surface area contributed by atoms with E-state index < -0.39 is 0 Å². The van der Waals surface area contributed by atoms with Crippen molar-refractivity contribution in [1.29, 1.82) is 0 Å². The molecule has 0 aliphatic heterocycles. The van der Waals surface area contributed by atoms with Crippen LogP contribution in [0.25, 0.3) is 0 Å². The molecular weight excluding hydrogens is 108 g/mol. The lowest BCUT2D eigenvalue weighted by atomic mass is 10.1. The van der Waals surface area contributed by atoms with E-state index in [-0.39, 0.29) is 0 Å². The Kier molecular flexibility index (Phi) is 1.33. The first-order valence-electron chi connectivity index (χ1n) is 4.12. The van der Waals surface area contributed by atoms with Crippen LogP contribution in [0.2, 0.25) is 0 Å². The van der Waals surface area contributed by atoms with Crippen LogP contribution in [0.1, 0.15) is 32.1 Å². The Balaban J connectivity index is 1.93. The molecule has 2 unspecified atom stereocenters. The zero-order valence-electron chi connectivity index (χ0n) is 5.84. The molecule has 2 aliphatic rings. The standard InChI is InChI=1S/C9H14/c1-2-4-6-9-7-8(9)5-3-1/h1,3,8-9H,2,4-7H2/b3-1+. The fraction of sp³-hybridized carbons (Fsp3) is 0.778. The van der Waals surface area contributed by atoms with Gasteiger partial charge in [-0.15, -0.1) is 0 Å². The topological polar surface area (TPSA) is 0 Å². The van der Waals surface area contributed by atoms with Crippen molar-refractivity contribution >= 4 is 0 Å². The summed E-state index contributed by atoms with van der Waals surface area (Å²) in [7, 11) is 0. The van der Waals surface area contributed by atoms with Crippen molar-refractivity contribution in [2.75, 3.05) is 0 Å². The zero-order valence-corrected chi connectivity index (χ0v) is 5.84. The third-order valence-electron chi connectivity index (χ3n) is 2.62. The summed E-state index contributed by atoms with van der Waals surface area (Å²) in [5.74, 6) is 2.23. The van der Waals surface area contributed by atoms with Gasteiger partial charge >= 0.3 is 0 Å². The molecule has 2 aliphatic carbocycles. The van der Waals surface area contributed by atoms with Gasteiger partial charge < -0.3 is 0 Å². The van der Waals surface area contributed by atoms with E-state index in [1.54, 1.807) is 0 Å². The number of allylic oxidation sites excluding steroid dienone is 2. The predicted molar refractivity (Wildman–Crippen MR) is 39.2 cm³/mol. The van der Waals surface area contributed by atoms with Crippen molar-refractivity contribution in [2.24, 2.45) is 11.8 Å². The molecule has 0 spiro atoms. The SMILES string of the molecule is C1=C/CC2CC2CCC/1. The lowest BCUT2D eigenvalue weighted by Gasteiger charge is -1.99. The van der Waals surface area contributed by atoms with Crippen molar-refractivity contribution in [3.05, 3.63) is 12.2 Å². The van der Waals surface area contributed by atoms with E-state index in [0.717, 1.165) is 11.8 Å². The highest BCUT2D eigenvalue weighted by Gasteiger charge is 2.35. The number of hydrogen-bond acceptors (Lipinski definition) is 0. The van der Waals surface area contributed by atoms with Crippen molar-refractivity contribution < 1.29 is 0 Å². The van der Waals surface area contributed by atoms with Crippen LogP contribution in [-0.4, -0.2) is 0 Å². The maximum atomic E-state index is 2.38. The summed E-state index contributed by atoms with van der Waals surface area (Å²) < 4.78 is 0. The minimum absolute atomic E-state index is 1.10. The number of fused-ring (bicyclic) bond motifs is 1. The molecule has 1 fully saturated rings. The second-order valence-corrected chi connectivity index (χ2v) is 3.39. The summed E-state index contributed by atoms with van der Waals surface area (Å²) in [6.45, 7) is 0. The fourth-order valence-electron chi connectivity index (χ4n) is 1.84. The van der Waals surface area contributed by atoms with Gasteiger partial charge in [-0.1, -0.05) is 12.2 Å². The summed E-state index contributed by atoms with van der Waals surface area (Å²) in [4.78, 5) is 0. The highest BCUT2D eigenvalue weighted by atomic mass is 14.4. The van der Waals surface area contributed by atoms with Crippen LogP contribution in [0.15, 0.2) is 12.2 Å². The zero-order chi connectivity index (χ0) is 6.10. The molecule has 0 saturated heterocycles. The molecule has 0 N–H and O–H groups in total. The molecule has 0 amide bonds. The first-order chi connectivity index (χ1) is 4.47. The maximum Gasteiger partial charge on any atom is -0.0319 e. The van der Waals surface area contributed by atoms with E-state index in [1.165, 1.54) is 32.1 Å². The Morgan fingerprint density at radius 1 is 1.11 bits per heavy atom. The van der Waals surface area contributed by atoms with Gasteiger partial charge in [0, 0.05) is 0 Å². The van der Waals surface area contributed by atoms with E-state index in [4.69, 9.17) is 0 Å². The minimum atomic E-state index is 1.10. The molecule has 0 aromatic carbocycles. The predicted octanol–water partition coefficient (Wildman–Crippen LogP) is 2.75. The molecule has 2 rings (SSSR count). The summed E-state index contributed by atoms with van der Waals surface area (Å²) in [6.07, 6.45) is 11.9. The van der Waals surface area contributed by atoms with Crippen LogP contribution in [0.4, 0.5) is 0 Å². The van der Waals surface area contributed by atoms with Crippen LogP contribution >= 0.6 is 0 Å². The Labute approximate surface area is 57.0 Å². The molecule has 0 aromatic heterocycles. The van der Waals surface area contributed by atoms with Gasteiger partial charge in [-0.25, -0.2) is 0 Å². The highest BCUT2D eigenvalue weighted by Crippen LogP contribution is 2.45. The van der Waals surface area contributed by atoms with Gasteiger partial charge in [-0.2, -0.15) is 0 Å². The molecular formula is C9H14. The fourth-order valence-corrected chi connectivity index (χ4v) is 1.84. The Hall–Kier alpha value is -0.260. The van der Waals surface area contributed by atoms with Crippen LogP contribution in [-0.2, 0) is 0 Å². The van der Waals surface area contributed by atoms with Crippen LogP contribution < -0.4 is 0 Å². The maximum absolute atomic E-state index is 2.38. The molecule has 1 saturated carbocycles. The van der Waals surface area contributed by atoms with Crippen LogP contribution in [0.5, 0.6) is 0 Å². The van der Waals surface area contributed by atoms with Crippen LogP contribution in [0.3, 0.4) is 0 Å². The molecule has 0 nitrogen and oxygen atoms in total. The van der Waals surface area contributed by atoms with Gasteiger partial charge in [0.1, 0.15) is 0 Å². The van der Waals surface area contributed by atoms with E-state index in [0.29, 0.717) is 0 Å². The normalized spacial score (nSPS) is 44.4. The van der Waals surface area contributed by atoms with E-state index in [9.17, 15) is 0 Å². The molecule has 0 heteroatoms. The van der Waals surface area contributed by atoms with E-state index >= 15 is 0 Å². The average molecular weight is 122 g/mol. The largest absolute Gasteiger partial charge is 0.0885 e. The highest BCUT2D eigenvalue weighted by molar-refractivity contribution is 4.96. The second kappa shape index (κ2) is 2.17. The van der Waals surface area contributed by atoms with E-state index in [2.05, 4.69) is 12.2 Å². The Bertz CT molecular complexity index is 124. The first-order valence-corrected chi connectivity index (χ1v) is 4.12. The lowest BCUT2D eigenvalue weighted by molar-refractivity contribution is 0.605. The minimum Gasteiger partial charge on any atom is -0.0885 e. The quantitative estimate of drug-likeness (QED) is 0.433. The van der Waals surface area contributed by atoms with Gasteiger partial charge in [0.15, 0.2) is 0 Å². The van der Waals surface area contributed by atoms with Crippen LogP contribution in [0, 0.1) is 11.8 Å². The van der Waals surface area contributed by atoms with Crippen molar-refractivity contribution in [1.82, 2.24) is 0 Å². The molecule has 0 aromatic rings. The molecule has 0 bridgehead atoms. The molecule has 0 radical (unpaired) electrons. The van der Waals surface area contributed by atoms with Gasteiger partial charge in [0.05, 0.1) is 0 Å². The van der Waals surface area contributed by atoms with Crippen molar-refractivity contribution in [2.45, 2.75) is 32.1 Å². The average Bonchev–Trinajstić information content (AvgIpc) is 2.46. The molecule has 0 heterocycles. The Morgan fingerprint density at radius 3 is 3.11 bits per heavy atom. The lowest BCUT2D eigenvalue weighted by Crippen LogP contribution is -1.85. The third kappa shape index (κ3) is 1.17. The van der Waals surface area contributed by atoms with Crippen molar-refractivity contribution in [3.63, 3.8) is 0 Å². The van der Waals surface area contributed by atoms with Crippen molar-refractivity contribution in [3.8, 4) is 0 Å². The van der Waals surface area contributed by atoms with Gasteiger partial charge in [0.2, 0.25) is 0 Å². The third-order valence-corrected chi connectivity index (χ3v) is 2.62. The summed E-state index contributed by atoms with van der Waals surface area (Å²) >= 11 is 0. The monoisotopic (exact) mass is 122 g/mol. The molecule has 9 heavy (non-hydrogen) atoms. The van der Waals surface area contributed by atoms with Gasteiger partial charge in [-0.05, 0) is 43.9 Å². The molecule has 50 valence electrons. The number of rotatable bonds is 0. The number of hydrogen-bond donors (Lipinski definition) is 0.